The number of nitrogens with two attached hydrogens (primary N) is 1. The SMILES string of the molecule is C[C@@H]1CC[C@H](N)[C@@H](O)CN1S(=O)[O-]. The molecule has 0 radical (unpaired) electrons. The number of rotatable bonds is 1. The Labute approximate surface area is 80.3 Å². The average Bonchev–Trinajstić information content (AvgIpc) is 2.18. The third-order valence-corrected chi connectivity index (χ3v) is 3.35. The molecule has 0 amide bonds. The summed E-state index contributed by atoms with van der Waals surface area (Å²) in [6.07, 6.45) is 0.616. The van der Waals surface area contributed by atoms with Gasteiger partial charge in [-0.15, -0.1) is 0 Å². The first-order chi connectivity index (χ1) is 6.02. The molecule has 0 saturated carbocycles. The third kappa shape index (κ3) is 2.72. The van der Waals surface area contributed by atoms with Gasteiger partial charge in [0.25, 0.3) is 0 Å². The fourth-order valence-corrected chi connectivity index (χ4v) is 2.15. The van der Waals surface area contributed by atoms with Crippen LogP contribution in [0, 0.1) is 0 Å². The van der Waals surface area contributed by atoms with Crippen molar-refractivity contribution in [2.75, 3.05) is 6.54 Å². The first-order valence-electron chi connectivity index (χ1n) is 4.32. The van der Waals surface area contributed by atoms with E-state index in [1.807, 2.05) is 6.92 Å². The van der Waals surface area contributed by atoms with Crippen molar-refractivity contribution in [3.8, 4) is 0 Å². The molecule has 5 nitrogen and oxygen atoms in total. The van der Waals surface area contributed by atoms with Crippen molar-refractivity contribution in [3.63, 3.8) is 0 Å². The number of aliphatic hydroxyl groups is 1. The first kappa shape index (κ1) is 11.1. The Balaban J connectivity index is 2.68. The summed E-state index contributed by atoms with van der Waals surface area (Å²) in [6, 6.07) is -0.377. The van der Waals surface area contributed by atoms with Gasteiger partial charge in [0.05, 0.1) is 6.10 Å². The predicted molar refractivity (Wildman–Crippen MR) is 48.3 cm³/mol. The molecule has 0 aliphatic carbocycles. The number of hydrogen-bond acceptors (Lipinski definition) is 4. The van der Waals surface area contributed by atoms with Crippen molar-refractivity contribution in [1.29, 1.82) is 0 Å². The third-order valence-electron chi connectivity index (χ3n) is 2.46. The number of nitrogens with zero attached hydrogens (tertiary/aromatic N) is 1. The van der Waals surface area contributed by atoms with Gasteiger partial charge in [-0.3, -0.25) is 4.21 Å². The summed E-state index contributed by atoms with van der Waals surface area (Å²) < 4.78 is 22.7. The van der Waals surface area contributed by atoms with Crippen LogP contribution >= 0.6 is 0 Å². The molecule has 0 bridgehead atoms. The van der Waals surface area contributed by atoms with E-state index in [1.165, 1.54) is 4.31 Å². The molecule has 1 aliphatic rings. The Morgan fingerprint density at radius 3 is 2.77 bits per heavy atom. The van der Waals surface area contributed by atoms with Crippen molar-refractivity contribution in [1.82, 2.24) is 4.31 Å². The van der Waals surface area contributed by atoms with Crippen molar-refractivity contribution in [3.05, 3.63) is 0 Å². The lowest BCUT2D eigenvalue weighted by atomic mass is 10.1. The summed E-state index contributed by atoms with van der Waals surface area (Å²) in [6.45, 7) is 1.93. The van der Waals surface area contributed by atoms with Gasteiger partial charge in [-0.1, -0.05) is 0 Å². The van der Waals surface area contributed by atoms with E-state index < -0.39 is 17.4 Å². The highest BCUT2D eigenvalue weighted by Crippen LogP contribution is 2.17. The van der Waals surface area contributed by atoms with Crippen LogP contribution in [0.3, 0.4) is 0 Å². The number of β-amino-alcohol motifs (C(OH)–C–C–N with tert-alkyl or cyclic N) is 1. The van der Waals surface area contributed by atoms with Gasteiger partial charge in [0.2, 0.25) is 0 Å². The van der Waals surface area contributed by atoms with Crippen molar-refractivity contribution in [2.24, 2.45) is 5.73 Å². The Bertz CT molecular complexity index is 202. The topological polar surface area (TPSA) is 89.6 Å². The van der Waals surface area contributed by atoms with E-state index in [1.54, 1.807) is 0 Å². The number of aliphatic hydroxyl groups excluding tert-OH is 1. The molecular weight excluding hydrogens is 192 g/mol. The van der Waals surface area contributed by atoms with E-state index in [2.05, 4.69) is 0 Å². The van der Waals surface area contributed by atoms with Gasteiger partial charge >= 0.3 is 0 Å². The predicted octanol–water partition coefficient (Wildman–Crippen LogP) is -1.05. The molecule has 0 aromatic heterocycles. The fourth-order valence-electron chi connectivity index (χ4n) is 1.48. The largest absolute Gasteiger partial charge is 0.760 e. The summed E-state index contributed by atoms with van der Waals surface area (Å²) >= 11 is -2.26. The summed E-state index contributed by atoms with van der Waals surface area (Å²) in [5.74, 6) is 0. The van der Waals surface area contributed by atoms with E-state index in [4.69, 9.17) is 5.73 Å². The zero-order valence-electron chi connectivity index (χ0n) is 7.55. The Hall–Kier alpha value is -0.0100. The summed E-state index contributed by atoms with van der Waals surface area (Å²) in [7, 11) is 0. The summed E-state index contributed by atoms with van der Waals surface area (Å²) in [5.41, 5.74) is 5.63. The zero-order chi connectivity index (χ0) is 10.0. The van der Waals surface area contributed by atoms with Gasteiger partial charge in [-0.05, 0) is 19.8 Å². The smallest absolute Gasteiger partial charge is 0.0827 e. The van der Waals surface area contributed by atoms with Crippen LogP contribution in [0.25, 0.3) is 0 Å². The first-order valence-corrected chi connectivity index (χ1v) is 5.35. The van der Waals surface area contributed by atoms with Crippen LogP contribution < -0.4 is 5.73 Å². The Morgan fingerprint density at radius 1 is 1.62 bits per heavy atom. The molecule has 13 heavy (non-hydrogen) atoms. The maximum atomic E-state index is 10.7. The normalized spacial score (nSPS) is 39.8. The molecule has 78 valence electrons. The van der Waals surface area contributed by atoms with Crippen LogP contribution in [0.5, 0.6) is 0 Å². The quantitative estimate of drug-likeness (QED) is 0.537. The molecule has 1 unspecified atom stereocenters. The van der Waals surface area contributed by atoms with Crippen molar-refractivity contribution < 1.29 is 13.9 Å². The molecule has 6 heteroatoms. The van der Waals surface area contributed by atoms with Gasteiger partial charge < -0.3 is 15.4 Å². The second-order valence-corrected chi connectivity index (χ2v) is 4.38. The van der Waals surface area contributed by atoms with Gasteiger partial charge in [0.1, 0.15) is 0 Å². The van der Waals surface area contributed by atoms with Crippen LogP contribution in [-0.4, -0.2) is 42.9 Å². The summed E-state index contributed by atoms with van der Waals surface area (Å²) in [4.78, 5) is 0. The minimum atomic E-state index is -2.26. The standard InChI is InChI=1S/C7H16N2O3S/c1-5-2-3-6(8)7(10)4-9(5)13(11)12/h5-7,10H,2-4,8H2,1H3,(H,11,12)/p-1/t5-,6+,7+/m1/s1. The number of hydrogen-bond donors (Lipinski definition) is 2. The van der Waals surface area contributed by atoms with Crippen LogP contribution in [0.15, 0.2) is 0 Å². The van der Waals surface area contributed by atoms with E-state index >= 15 is 0 Å². The molecule has 3 N–H and O–H groups in total. The minimum absolute atomic E-state index is 0.0680. The molecule has 4 atom stereocenters. The highest BCUT2D eigenvalue weighted by Gasteiger charge is 2.27. The van der Waals surface area contributed by atoms with Crippen LogP contribution in [-0.2, 0) is 11.3 Å². The van der Waals surface area contributed by atoms with Gasteiger partial charge in [-0.2, -0.15) is 0 Å². The monoisotopic (exact) mass is 207 g/mol. The maximum Gasteiger partial charge on any atom is 0.0827 e. The van der Waals surface area contributed by atoms with Gasteiger partial charge in [0, 0.05) is 29.9 Å². The molecular formula is C7H15N2O3S-. The lowest BCUT2D eigenvalue weighted by Crippen LogP contribution is -2.42. The van der Waals surface area contributed by atoms with E-state index in [9.17, 15) is 13.9 Å². The maximum absolute atomic E-state index is 10.7. The molecule has 0 aromatic rings. The Morgan fingerprint density at radius 2 is 2.23 bits per heavy atom. The van der Waals surface area contributed by atoms with Gasteiger partial charge in [0.15, 0.2) is 0 Å². The van der Waals surface area contributed by atoms with E-state index in [-0.39, 0.29) is 18.6 Å². The molecule has 0 spiro atoms. The Kier molecular flexibility index (Phi) is 3.81. The second kappa shape index (κ2) is 4.47. The van der Waals surface area contributed by atoms with Crippen molar-refractivity contribution in [2.45, 2.75) is 38.0 Å². The van der Waals surface area contributed by atoms with Crippen LogP contribution in [0.4, 0.5) is 0 Å². The molecule has 1 aliphatic heterocycles. The second-order valence-electron chi connectivity index (χ2n) is 3.47. The molecule has 1 saturated heterocycles. The molecule has 1 heterocycles. The van der Waals surface area contributed by atoms with Crippen LogP contribution in [0.2, 0.25) is 0 Å². The molecule has 1 rings (SSSR count). The average molecular weight is 207 g/mol. The zero-order valence-corrected chi connectivity index (χ0v) is 8.37. The molecule has 1 fully saturated rings. The summed E-state index contributed by atoms with van der Waals surface area (Å²) in [5, 5.41) is 9.45. The van der Waals surface area contributed by atoms with Crippen molar-refractivity contribution >= 4 is 11.3 Å². The highest BCUT2D eigenvalue weighted by molar-refractivity contribution is 7.76. The fraction of sp³-hybridized carbons (Fsp3) is 1.00. The highest BCUT2D eigenvalue weighted by atomic mass is 32.2. The van der Waals surface area contributed by atoms with E-state index in [0.29, 0.717) is 12.8 Å². The van der Waals surface area contributed by atoms with Crippen LogP contribution in [0.1, 0.15) is 19.8 Å². The van der Waals surface area contributed by atoms with E-state index in [0.717, 1.165) is 0 Å². The molecule has 0 aromatic carbocycles. The lowest BCUT2D eigenvalue weighted by molar-refractivity contribution is 0.125. The lowest BCUT2D eigenvalue weighted by Gasteiger charge is -2.29. The van der Waals surface area contributed by atoms with Gasteiger partial charge in [-0.25, -0.2) is 4.31 Å². The minimum Gasteiger partial charge on any atom is -0.760 e.